The van der Waals surface area contributed by atoms with Gasteiger partial charge in [-0.1, -0.05) is 11.6 Å². The van der Waals surface area contributed by atoms with Gasteiger partial charge in [0.05, 0.1) is 27.9 Å². The zero-order valence-electron chi connectivity index (χ0n) is 14.3. The molecule has 0 aliphatic carbocycles. The highest BCUT2D eigenvalue weighted by Gasteiger charge is 2.38. The molecule has 0 saturated carbocycles. The lowest BCUT2D eigenvalue weighted by atomic mass is 10.2. The number of amides is 2. The van der Waals surface area contributed by atoms with Crippen LogP contribution in [0.2, 0.25) is 4.34 Å². The summed E-state index contributed by atoms with van der Waals surface area (Å²) >= 11 is 7.09. The van der Waals surface area contributed by atoms with Gasteiger partial charge in [0.25, 0.3) is 5.91 Å². The summed E-state index contributed by atoms with van der Waals surface area (Å²) in [5.74, 6) is -0.215. The second kappa shape index (κ2) is 7.72. The van der Waals surface area contributed by atoms with Crippen LogP contribution in [0.15, 0.2) is 12.1 Å². The molecule has 2 atom stereocenters. The molecule has 8 heteroatoms. The van der Waals surface area contributed by atoms with E-state index in [-0.39, 0.29) is 18.1 Å². The van der Waals surface area contributed by atoms with E-state index in [9.17, 15) is 9.59 Å². The lowest BCUT2D eigenvalue weighted by Crippen LogP contribution is -2.44. The Kier molecular flexibility index (Phi) is 6.11. The van der Waals surface area contributed by atoms with Gasteiger partial charge in [-0.3, -0.25) is 4.79 Å². The second-order valence-corrected chi connectivity index (χ2v) is 8.28. The number of hydrogen-bond donors (Lipinski definition) is 1. The van der Waals surface area contributed by atoms with Crippen LogP contribution >= 0.6 is 22.9 Å². The number of nitrogens with zero attached hydrogens (tertiary/aromatic N) is 1. The first-order chi connectivity index (χ1) is 11.2. The van der Waals surface area contributed by atoms with Gasteiger partial charge < -0.3 is 19.7 Å². The van der Waals surface area contributed by atoms with Crippen LogP contribution in [0.5, 0.6) is 0 Å². The molecule has 6 nitrogen and oxygen atoms in total. The van der Waals surface area contributed by atoms with Gasteiger partial charge in [0.2, 0.25) is 0 Å². The Hall–Kier alpha value is -1.31. The minimum atomic E-state index is -0.562. The van der Waals surface area contributed by atoms with Crippen molar-refractivity contribution in [3.63, 3.8) is 0 Å². The van der Waals surface area contributed by atoms with E-state index in [1.807, 2.05) is 27.7 Å². The molecular weight excluding hydrogens is 352 g/mol. The summed E-state index contributed by atoms with van der Waals surface area (Å²) in [5.41, 5.74) is -0.562. The topological polar surface area (TPSA) is 67.9 Å². The number of rotatable bonds is 4. The zero-order valence-corrected chi connectivity index (χ0v) is 15.9. The largest absolute Gasteiger partial charge is 0.444 e. The molecule has 2 heterocycles. The Morgan fingerprint density at radius 2 is 2.08 bits per heavy atom. The van der Waals surface area contributed by atoms with Gasteiger partial charge in [-0.15, -0.1) is 11.3 Å². The highest BCUT2D eigenvalue weighted by atomic mass is 35.5. The molecule has 1 aliphatic rings. The smallest absolute Gasteiger partial charge is 0.410 e. The summed E-state index contributed by atoms with van der Waals surface area (Å²) in [5, 5.41) is 2.93. The van der Waals surface area contributed by atoms with Crippen molar-refractivity contribution in [1.82, 2.24) is 10.2 Å². The summed E-state index contributed by atoms with van der Waals surface area (Å²) in [6.07, 6.45) is -0.662. The minimum absolute atomic E-state index is 0.215. The zero-order chi connectivity index (χ0) is 17.9. The van der Waals surface area contributed by atoms with E-state index in [1.165, 1.54) is 11.3 Å². The number of carbonyl (C=O) groups excluding carboxylic acids is 2. The third-order valence-corrected chi connectivity index (χ3v) is 4.64. The van der Waals surface area contributed by atoms with E-state index < -0.39 is 11.7 Å². The number of nitrogens with one attached hydrogen (secondary N) is 1. The van der Waals surface area contributed by atoms with Crippen LogP contribution in [0.1, 0.15) is 37.4 Å². The minimum Gasteiger partial charge on any atom is -0.444 e. The van der Waals surface area contributed by atoms with Crippen LogP contribution < -0.4 is 5.32 Å². The molecule has 1 fully saturated rings. The first-order valence-electron chi connectivity index (χ1n) is 7.85. The Morgan fingerprint density at radius 1 is 1.38 bits per heavy atom. The first kappa shape index (κ1) is 19.0. The maximum Gasteiger partial charge on any atom is 0.410 e. The maximum absolute atomic E-state index is 12.3. The Morgan fingerprint density at radius 3 is 2.62 bits per heavy atom. The molecule has 1 aromatic rings. The number of hydrogen-bond acceptors (Lipinski definition) is 5. The molecular formula is C16H23ClN2O4S. The summed E-state index contributed by atoms with van der Waals surface area (Å²) in [6.45, 7) is 8.59. The SMILES string of the molecule is CCO[C@H]1CN(C(=O)OC(C)(C)C)C[C@@H]1NC(=O)c1ccc(Cl)s1. The summed E-state index contributed by atoms with van der Waals surface area (Å²) in [6, 6.07) is 3.08. The monoisotopic (exact) mass is 374 g/mol. The fourth-order valence-electron chi connectivity index (χ4n) is 2.45. The lowest BCUT2D eigenvalue weighted by molar-refractivity contribution is 0.0216. The number of halogens is 1. The fraction of sp³-hybridized carbons (Fsp3) is 0.625. The average molecular weight is 375 g/mol. The molecule has 0 unspecified atom stereocenters. The molecule has 2 rings (SSSR count). The fourth-order valence-corrected chi connectivity index (χ4v) is 3.39. The third-order valence-electron chi connectivity index (χ3n) is 3.41. The summed E-state index contributed by atoms with van der Waals surface area (Å²) in [7, 11) is 0. The van der Waals surface area contributed by atoms with E-state index in [1.54, 1.807) is 17.0 Å². The molecule has 0 bridgehead atoms. The predicted molar refractivity (Wildman–Crippen MR) is 93.8 cm³/mol. The molecule has 0 spiro atoms. The molecule has 1 aliphatic heterocycles. The highest BCUT2D eigenvalue weighted by molar-refractivity contribution is 7.18. The highest BCUT2D eigenvalue weighted by Crippen LogP contribution is 2.23. The van der Waals surface area contributed by atoms with Crippen LogP contribution in [0.4, 0.5) is 4.79 Å². The Balaban J connectivity index is 2.02. The van der Waals surface area contributed by atoms with E-state index in [2.05, 4.69) is 5.32 Å². The summed E-state index contributed by atoms with van der Waals surface area (Å²) in [4.78, 5) is 26.7. The van der Waals surface area contributed by atoms with Gasteiger partial charge in [0, 0.05) is 13.2 Å². The Labute approximate surface area is 151 Å². The van der Waals surface area contributed by atoms with Crippen LogP contribution in [0.3, 0.4) is 0 Å². The average Bonchev–Trinajstić information content (AvgIpc) is 3.05. The molecule has 134 valence electrons. The number of carbonyl (C=O) groups is 2. The molecule has 1 N–H and O–H groups in total. The second-order valence-electron chi connectivity index (χ2n) is 6.56. The molecule has 24 heavy (non-hydrogen) atoms. The molecule has 0 radical (unpaired) electrons. The first-order valence-corrected chi connectivity index (χ1v) is 9.04. The lowest BCUT2D eigenvalue weighted by Gasteiger charge is -2.24. The van der Waals surface area contributed by atoms with E-state index >= 15 is 0 Å². The van der Waals surface area contributed by atoms with Crippen molar-refractivity contribution in [1.29, 1.82) is 0 Å². The van der Waals surface area contributed by atoms with E-state index in [0.29, 0.717) is 28.9 Å². The molecule has 1 saturated heterocycles. The van der Waals surface area contributed by atoms with Crippen molar-refractivity contribution in [2.45, 2.75) is 45.4 Å². The quantitative estimate of drug-likeness (QED) is 0.879. The van der Waals surface area contributed by atoms with Crippen LogP contribution in [0, 0.1) is 0 Å². The maximum atomic E-state index is 12.3. The van der Waals surface area contributed by atoms with Crippen molar-refractivity contribution >= 4 is 34.9 Å². The number of likely N-dealkylation sites (tertiary alicyclic amines) is 1. The predicted octanol–water partition coefficient (Wildman–Crippen LogP) is 3.16. The van der Waals surface area contributed by atoms with Gasteiger partial charge in [-0.2, -0.15) is 0 Å². The molecule has 1 aromatic heterocycles. The standard InChI is InChI=1S/C16H23ClN2O4S/c1-5-22-11-9-19(15(21)23-16(2,3)4)8-10(11)18-14(20)12-6-7-13(17)24-12/h6-7,10-11H,5,8-9H2,1-4H3,(H,18,20)/t10-,11-/m0/s1. The third kappa shape index (κ3) is 5.09. The Bertz CT molecular complexity index is 599. The van der Waals surface area contributed by atoms with Gasteiger partial charge in [0.15, 0.2) is 0 Å². The van der Waals surface area contributed by atoms with Crippen LogP contribution in [-0.2, 0) is 9.47 Å². The van der Waals surface area contributed by atoms with E-state index in [4.69, 9.17) is 21.1 Å². The number of ether oxygens (including phenoxy) is 2. The summed E-state index contributed by atoms with van der Waals surface area (Å²) < 4.78 is 11.6. The van der Waals surface area contributed by atoms with Gasteiger partial charge in [-0.05, 0) is 39.8 Å². The normalized spacial score (nSPS) is 21.0. The number of thiophene rings is 1. The van der Waals surface area contributed by atoms with Gasteiger partial charge in [-0.25, -0.2) is 4.79 Å². The molecule has 0 aromatic carbocycles. The van der Waals surface area contributed by atoms with Crippen molar-refractivity contribution < 1.29 is 19.1 Å². The molecule has 2 amide bonds. The van der Waals surface area contributed by atoms with Gasteiger partial charge >= 0.3 is 6.09 Å². The van der Waals surface area contributed by atoms with Crippen molar-refractivity contribution in [3.8, 4) is 0 Å². The van der Waals surface area contributed by atoms with Crippen molar-refractivity contribution in [2.24, 2.45) is 0 Å². The van der Waals surface area contributed by atoms with Crippen LogP contribution in [0.25, 0.3) is 0 Å². The van der Waals surface area contributed by atoms with Gasteiger partial charge in [0.1, 0.15) is 5.60 Å². The van der Waals surface area contributed by atoms with Crippen molar-refractivity contribution in [2.75, 3.05) is 19.7 Å². The van der Waals surface area contributed by atoms with E-state index in [0.717, 1.165) is 0 Å². The van der Waals surface area contributed by atoms with Crippen LogP contribution in [-0.4, -0.2) is 54.3 Å². The van der Waals surface area contributed by atoms with Crippen molar-refractivity contribution in [3.05, 3.63) is 21.3 Å².